The first kappa shape index (κ1) is 26.6. The molecule has 0 aromatic heterocycles. The highest BCUT2D eigenvalue weighted by Gasteiger charge is 2.21. The van der Waals surface area contributed by atoms with Gasteiger partial charge in [-0.1, -0.05) is 18.2 Å². The van der Waals surface area contributed by atoms with Crippen molar-refractivity contribution in [2.45, 2.75) is 13.3 Å². The first-order valence-corrected chi connectivity index (χ1v) is 11.0. The van der Waals surface area contributed by atoms with Gasteiger partial charge in [-0.15, -0.1) is 24.0 Å². The minimum absolute atomic E-state index is 0. The first-order chi connectivity index (χ1) is 15.6. The van der Waals surface area contributed by atoms with E-state index in [-0.39, 0.29) is 29.9 Å². The van der Waals surface area contributed by atoms with Crippen molar-refractivity contribution < 1.29 is 14.3 Å². The molecule has 3 rings (SSSR count). The van der Waals surface area contributed by atoms with E-state index in [4.69, 9.17) is 9.47 Å². The maximum absolute atomic E-state index is 12.6. The van der Waals surface area contributed by atoms with Crippen LogP contribution in [-0.2, 0) is 4.79 Å². The van der Waals surface area contributed by atoms with Gasteiger partial charge < -0.3 is 29.9 Å². The molecule has 1 aliphatic heterocycles. The first-order valence-electron chi connectivity index (χ1n) is 11.0. The monoisotopic (exact) mass is 567 g/mol. The molecule has 0 bridgehead atoms. The molecule has 180 valence electrons. The van der Waals surface area contributed by atoms with E-state index in [0.29, 0.717) is 37.0 Å². The summed E-state index contributed by atoms with van der Waals surface area (Å²) in [4.78, 5) is 21.1. The summed E-state index contributed by atoms with van der Waals surface area (Å²) in [6.45, 7) is 6.20. The number of guanidine groups is 1. The Labute approximate surface area is 213 Å². The summed E-state index contributed by atoms with van der Waals surface area (Å²) in [5.74, 6) is 2.10. The Morgan fingerprint density at radius 3 is 2.42 bits per heavy atom. The average molecular weight is 567 g/mol. The molecule has 0 atom stereocenters. The summed E-state index contributed by atoms with van der Waals surface area (Å²) < 4.78 is 10.9. The Balaban J connectivity index is 0.00000385. The van der Waals surface area contributed by atoms with E-state index in [2.05, 4.69) is 32.7 Å². The standard InChI is InChI=1S/C24H33N5O3.HI/c1-4-32-21-11-10-19(18-22(21)31-3)27-24(25-2)26-13-12-23(30)29-16-14-28(15-17-29)20-8-6-5-7-9-20;/h5-11,18H,4,12-17H2,1-3H3,(H2,25,26,27);1H. The van der Waals surface area contributed by atoms with Gasteiger partial charge in [0.25, 0.3) is 0 Å². The number of nitrogens with one attached hydrogen (secondary N) is 2. The second-order valence-electron chi connectivity index (χ2n) is 7.38. The highest BCUT2D eigenvalue weighted by atomic mass is 127. The van der Waals surface area contributed by atoms with Crippen molar-refractivity contribution in [1.82, 2.24) is 10.2 Å². The van der Waals surface area contributed by atoms with Gasteiger partial charge in [-0.3, -0.25) is 9.79 Å². The summed E-state index contributed by atoms with van der Waals surface area (Å²) in [7, 11) is 3.31. The van der Waals surface area contributed by atoms with Crippen molar-refractivity contribution in [1.29, 1.82) is 0 Å². The molecular formula is C24H34IN5O3. The minimum atomic E-state index is 0. The van der Waals surface area contributed by atoms with Crippen molar-refractivity contribution in [3.05, 3.63) is 48.5 Å². The molecule has 8 nitrogen and oxygen atoms in total. The lowest BCUT2D eigenvalue weighted by Gasteiger charge is -2.36. The van der Waals surface area contributed by atoms with Crippen LogP contribution >= 0.6 is 24.0 Å². The SMILES string of the molecule is CCOc1ccc(NC(=NC)NCCC(=O)N2CCN(c3ccccc3)CC2)cc1OC.I. The van der Waals surface area contributed by atoms with Crippen molar-refractivity contribution in [3.63, 3.8) is 0 Å². The van der Waals surface area contributed by atoms with Crippen molar-refractivity contribution in [2.75, 3.05) is 63.7 Å². The maximum atomic E-state index is 12.6. The number of hydrogen-bond acceptors (Lipinski definition) is 5. The topological polar surface area (TPSA) is 78.4 Å². The molecular weight excluding hydrogens is 533 g/mol. The van der Waals surface area contributed by atoms with Crippen LogP contribution in [0.2, 0.25) is 0 Å². The lowest BCUT2D eigenvalue weighted by atomic mass is 10.2. The van der Waals surface area contributed by atoms with Crippen molar-refractivity contribution in [3.8, 4) is 11.5 Å². The van der Waals surface area contributed by atoms with E-state index < -0.39 is 0 Å². The molecule has 0 spiro atoms. The number of amides is 1. The predicted molar refractivity (Wildman–Crippen MR) is 144 cm³/mol. The predicted octanol–water partition coefficient (Wildman–Crippen LogP) is 3.44. The Morgan fingerprint density at radius 1 is 1.06 bits per heavy atom. The number of carbonyl (C=O) groups excluding carboxylic acids is 1. The Hall–Kier alpha value is -2.69. The van der Waals surface area contributed by atoms with E-state index in [1.807, 2.05) is 48.2 Å². The highest BCUT2D eigenvalue weighted by molar-refractivity contribution is 14.0. The molecule has 0 saturated carbocycles. The number of piperazine rings is 1. The van der Waals surface area contributed by atoms with Crippen molar-refractivity contribution >= 4 is 47.2 Å². The second kappa shape index (κ2) is 13.8. The van der Waals surface area contributed by atoms with E-state index >= 15 is 0 Å². The molecule has 1 heterocycles. The molecule has 0 aliphatic carbocycles. The Morgan fingerprint density at radius 2 is 1.79 bits per heavy atom. The third-order valence-electron chi connectivity index (χ3n) is 5.33. The molecule has 2 aromatic carbocycles. The summed E-state index contributed by atoms with van der Waals surface area (Å²) in [5.41, 5.74) is 2.03. The van der Waals surface area contributed by atoms with E-state index in [9.17, 15) is 4.79 Å². The van der Waals surface area contributed by atoms with Crippen molar-refractivity contribution in [2.24, 2.45) is 4.99 Å². The number of hydrogen-bond donors (Lipinski definition) is 2. The zero-order valence-corrected chi connectivity index (χ0v) is 21.9. The van der Waals surface area contributed by atoms with Gasteiger partial charge in [0, 0.05) is 63.6 Å². The number of ether oxygens (including phenoxy) is 2. The van der Waals surface area contributed by atoms with Gasteiger partial charge in [0.2, 0.25) is 5.91 Å². The fourth-order valence-corrected chi connectivity index (χ4v) is 3.63. The quantitative estimate of drug-likeness (QED) is 0.289. The van der Waals surface area contributed by atoms with Crippen LogP contribution in [0.25, 0.3) is 0 Å². The van der Waals surface area contributed by atoms with Gasteiger partial charge in [0.05, 0.1) is 13.7 Å². The number of methoxy groups -OCH3 is 1. The molecule has 1 amide bonds. The third kappa shape index (κ3) is 7.69. The zero-order valence-electron chi connectivity index (χ0n) is 19.5. The molecule has 1 aliphatic rings. The molecule has 1 saturated heterocycles. The van der Waals surface area contributed by atoms with Gasteiger partial charge in [0.15, 0.2) is 17.5 Å². The van der Waals surface area contributed by atoms with Gasteiger partial charge in [-0.2, -0.15) is 0 Å². The van der Waals surface area contributed by atoms with Gasteiger partial charge >= 0.3 is 0 Å². The number of para-hydroxylation sites is 1. The van der Waals surface area contributed by atoms with Gasteiger partial charge in [-0.05, 0) is 31.2 Å². The average Bonchev–Trinajstić information content (AvgIpc) is 2.85. The van der Waals surface area contributed by atoms with E-state index in [0.717, 1.165) is 31.9 Å². The molecule has 0 radical (unpaired) electrons. The fraction of sp³-hybridized carbons (Fsp3) is 0.417. The highest BCUT2D eigenvalue weighted by Crippen LogP contribution is 2.30. The molecule has 2 N–H and O–H groups in total. The normalized spacial score (nSPS) is 13.7. The van der Waals surface area contributed by atoms with Crippen LogP contribution in [0.4, 0.5) is 11.4 Å². The van der Waals surface area contributed by atoms with Crippen LogP contribution in [0.15, 0.2) is 53.5 Å². The smallest absolute Gasteiger partial charge is 0.224 e. The maximum Gasteiger partial charge on any atom is 0.224 e. The number of benzene rings is 2. The number of anilines is 2. The lowest BCUT2D eigenvalue weighted by Crippen LogP contribution is -2.49. The summed E-state index contributed by atoms with van der Waals surface area (Å²) in [6.07, 6.45) is 0.415. The van der Waals surface area contributed by atoms with Gasteiger partial charge in [-0.25, -0.2) is 0 Å². The van der Waals surface area contributed by atoms with Gasteiger partial charge in [0.1, 0.15) is 0 Å². The van der Waals surface area contributed by atoms with E-state index in [1.165, 1.54) is 5.69 Å². The van der Waals surface area contributed by atoms with Crippen LogP contribution in [0.1, 0.15) is 13.3 Å². The molecule has 0 unspecified atom stereocenters. The van der Waals surface area contributed by atoms with Crippen LogP contribution < -0.4 is 25.0 Å². The number of nitrogens with zero attached hydrogens (tertiary/aromatic N) is 3. The minimum Gasteiger partial charge on any atom is -0.493 e. The molecule has 9 heteroatoms. The largest absolute Gasteiger partial charge is 0.493 e. The van der Waals surface area contributed by atoms with E-state index in [1.54, 1.807) is 14.2 Å². The Bertz CT molecular complexity index is 902. The van der Waals surface area contributed by atoms with Crippen LogP contribution in [-0.4, -0.2) is 70.3 Å². The summed E-state index contributed by atoms with van der Waals surface area (Å²) in [5, 5.41) is 6.43. The third-order valence-corrected chi connectivity index (χ3v) is 5.33. The number of aliphatic imine (C=N–C) groups is 1. The zero-order chi connectivity index (χ0) is 22.8. The second-order valence-corrected chi connectivity index (χ2v) is 7.38. The summed E-state index contributed by atoms with van der Waals surface area (Å²) in [6, 6.07) is 15.9. The molecule has 2 aromatic rings. The van der Waals surface area contributed by atoms with Crippen LogP contribution in [0.5, 0.6) is 11.5 Å². The Kier molecular flexibility index (Phi) is 11.1. The summed E-state index contributed by atoms with van der Waals surface area (Å²) >= 11 is 0. The fourth-order valence-electron chi connectivity index (χ4n) is 3.63. The molecule has 33 heavy (non-hydrogen) atoms. The molecule has 1 fully saturated rings. The lowest BCUT2D eigenvalue weighted by molar-refractivity contribution is -0.131. The number of rotatable bonds is 8. The number of halogens is 1. The van der Waals surface area contributed by atoms with Crippen LogP contribution in [0.3, 0.4) is 0 Å². The van der Waals surface area contributed by atoms with Crippen LogP contribution in [0, 0.1) is 0 Å². The number of carbonyl (C=O) groups is 1.